The maximum Gasteiger partial charge on any atom is 0.247 e. The van der Waals surface area contributed by atoms with E-state index in [1.165, 1.54) is 28.5 Å². The van der Waals surface area contributed by atoms with Crippen molar-refractivity contribution in [2.24, 2.45) is 0 Å². The van der Waals surface area contributed by atoms with E-state index >= 15 is 0 Å². The number of rotatable bonds is 6. The van der Waals surface area contributed by atoms with Crippen molar-refractivity contribution in [3.05, 3.63) is 29.8 Å². The van der Waals surface area contributed by atoms with Crippen LogP contribution in [0.1, 0.15) is 70.8 Å². The molecular weight excluding hydrogens is 426 g/mol. The Hall–Kier alpha value is -1.93. The van der Waals surface area contributed by atoms with Crippen LogP contribution in [-0.4, -0.2) is 55.0 Å². The minimum atomic E-state index is -3.62. The predicted octanol–water partition coefficient (Wildman–Crippen LogP) is 3.37. The van der Waals surface area contributed by atoms with Gasteiger partial charge in [0.2, 0.25) is 21.8 Å². The SMILES string of the molecule is CCCS(=O)(=O)N1CC(=O)N(c2ccccc2C)[C@](C)(C(=O)NC2CCCCCCC2)C1. The molecule has 0 radical (unpaired) electrons. The van der Waals surface area contributed by atoms with Crippen molar-refractivity contribution in [3.8, 4) is 0 Å². The summed E-state index contributed by atoms with van der Waals surface area (Å²) in [6, 6.07) is 7.50. The van der Waals surface area contributed by atoms with E-state index in [2.05, 4.69) is 5.32 Å². The molecule has 1 aromatic carbocycles. The summed E-state index contributed by atoms with van der Waals surface area (Å²) in [6.07, 6.45) is 7.99. The minimum Gasteiger partial charge on any atom is -0.351 e. The number of sulfonamides is 1. The van der Waals surface area contributed by atoms with Gasteiger partial charge in [-0.15, -0.1) is 0 Å². The fourth-order valence-electron chi connectivity index (χ4n) is 4.88. The van der Waals surface area contributed by atoms with E-state index in [0.717, 1.165) is 31.2 Å². The average molecular weight is 464 g/mol. The molecule has 1 aromatic rings. The lowest BCUT2D eigenvalue weighted by atomic mass is 9.91. The maximum absolute atomic E-state index is 13.7. The summed E-state index contributed by atoms with van der Waals surface area (Å²) < 4.78 is 26.9. The molecule has 1 saturated carbocycles. The molecule has 8 heteroatoms. The van der Waals surface area contributed by atoms with Crippen molar-refractivity contribution in [1.29, 1.82) is 0 Å². The van der Waals surface area contributed by atoms with Crippen LogP contribution in [0.3, 0.4) is 0 Å². The van der Waals surface area contributed by atoms with Gasteiger partial charge in [0.25, 0.3) is 0 Å². The lowest BCUT2D eigenvalue weighted by molar-refractivity contribution is -0.133. The third-order valence-electron chi connectivity index (χ3n) is 6.68. The standard InChI is InChI=1S/C24H37N3O4S/c1-4-16-32(30,31)26-17-22(28)27(21-15-11-10-12-19(21)2)24(3,18-26)23(29)25-20-13-8-6-5-7-9-14-20/h10-12,15,20H,4-9,13-14,16-18H2,1-3H3,(H,25,29)/t24-/m0/s1. The minimum absolute atomic E-state index is 0.0367. The third kappa shape index (κ3) is 5.34. The Bertz CT molecular complexity index is 925. The highest BCUT2D eigenvalue weighted by Crippen LogP contribution is 2.33. The van der Waals surface area contributed by atoms with Crippen LogP contribution in [0.4, 0.5) is 5.69 Å². The molecule has 1 aliphatic carbocycles. The van der Waals surface area contributed by atoms with Gasteiger partial charge in [-0.25, -0.2) is 8.42 Å². The number of anilines is 1. The fraction of sp³-hybridized carbons (Fsp3) is 0.667. The zero-order chi connectivity index (χ0) is 23.4. The molecule has 0 aromatic heterocycles. The number of benzene rings is 1. The monoisotopic (exact) mass is 463 g/mol. The van der Waals surface area contributed by atoms with Crippen LogP contribution >= 0.6 is 0 Å². The first kappa shape index (κ1) is 24.7. The summed E-state index contributed by atoms with van der Waals surface area (Å²) in [6.45, 7) is 5.10. The highest BCUT2D eigenvalue weighted by Gasteiger charge is 2.51. The summed E-state index contributed by atoms with van der Waals surface area (Å²) in [5.41, 5.74) is 0.195. The number of aryl methyl sites for hydroxylation is 1. The summed E-state index contributed by atoms with van der Waals surface area (Å²) in [5.74, 6) is -0.693. The number of nitrogens with one attached hydrogen (secondary N) is 1. The van der Waals surface area contributed by atoms with Gasteiger partial charge in [-0.1, -0.05) is 57.2 Å². The topological polar surface area (TPSA) is 86.8 Å². The Morgan fingerprint density at radius 1 is 1.12 bits per heavy atom. The van der Waals surface area contributed by atoms with E-state index in [1.807, 2.05) is 31.2 Å². The normalized spacial score (nSPS) is 24.1. The lowest BCUT2D eigenvalue weighted by Crippen LogP contribution is -2.71. The summed E-state index contributed by atoms with van der Waals surface area (Å²) in [5, 5.41) is 3.19. The predicted molar refractivity (Wildman–Crippen MR) is 127 cm³/mol. The molecule has 178 valence electrons. The van der Waals surface area contributed by atoms with Crippen LogP contribution < -0.4 is 10.2 Å². The van der Waals surface area contributed by atoms with Gasteiger partial charge >= 0.3 is 0 Å². The summed E-state index contributed by atoms with van der Waals surface area (Å²) >= 11 is 0. The highest BCUT2D eigenvalue weighted by atomic mass is 32.2. The smallest absolute Gasteiger partial charge is 0.247 e. The molecule has 7 nitrogen and oxygen atoms in total. The van der Waals surface area contributed by atoms with Gasteiger partial charge in [0.1, 0.15) is 5.54 Å². The van der Waals surface area contributed by atoms with Crippen LogP contribution in [0, 0.1) is 6.92 Å². The molecule has 2 fully saturated rings. The summed E-state index contributed by atoms with van der Waals surface area (Å²) in [7, 11) is -3.62. The first-order valence-electron chi connectivity index (χ1n) is 11.9. The summed E-state index contributed by atoms with van der Waals surface area (Å²) in [4.78, 5) is 28.6. The number of carbonyl (C=O) groups is 2. The second kappa shape index (κ2) is 10.3. The van der Waals surface area contributed by atoms with Gasteiger partial charge < -0.3 is 5.32 Å². The van der Waals surface area contributed by atoms with Gasteiger partial charge in [-0.3, -0.25) is 14.5 Å². The van der Waals surface area contributed by atoms with E-state index in [1.54, 1.807) is 13.8 Å². The van der Waals surface area contributed by atoms with Gasteiger partial charge in [0, 0.05) is 18.3 Å². The van der Waals surface area contributed by atoms with Crippen LogP contribution in [0.5, 0.6) is 0 Å². The number of amides is 2. The van der Waals surface area contributed by atoms with Gasteiger partial charge in [0.05, 0.1) is 12.3 Å². The Kier molecular flexibility index (Phi) is 7.98. The second-order valence-corrected chi connectivity index (χ2v) is 11.5. The first-order valence-corrected chi connectivity index (χ1v) is 13.5. The molecule has 1 atom stereocenters. The maximum atomic E-state index is 13.7. The molecule has 0 spiro atoms. The molecule has 1 heterocycles. The van der Waals surface area contributed by atoms with Gasteiger partial charge in [0.15, 0.2) is 0 Å². The van der Waals surface area contributed by atoms with Gasteiger partial charge in [-0.05, 0) is 44.7 Å². The lowest BCUT2D eigenvalue weighted by Gasteiger charge is -2.47. The average Bonchev–Trinajstić information content (AvgIpc) is 2.70. The van der Waals surface area contributed by atoms with E-state index in [0.29, 0.717) is 12.1 Å². The van der Waals surface area contributed by atoms with Crippen LogP contribution in [0.2, 0.25) is 0 Å². The second-order valence-electron chi connectivity index (χ2n) is 9.39. The quantitative estimate of drug-likeness (QED) is 0.701. The Balaban J connectivity index is 1.96. The number of para-hydroxylation sites is 1. The number of carbonyl (C=O) groups excluding carboxylic acids is 2. The van der Waals surface area contributed by atoms with E-state index in [-0.39, 0.29) is 36.7 Å². The Morgan fingerprint density at radius 2 is 1.75 bits per heavy atom. The largest absolute Gasteiger partial charge is 0.351 e. The molecule has 1 N–H and O–H groups in total. The Labute approximate surface area is 192 Å². The molecule has 2 aliphatic rings. The van der Waals surface area contributed by atoms with Crippen molar-refractivity contribution in [2.75, 3.05) is 23.7 Å². The van der Waals surface area contributed by atoms with Crippen molar-refractivity contribution in [1.82, 2.24) is 9.62 Å². The molecule has 32 heavy (non-hydrogen) atoms. The van der Waals surface area contributed by atoms with E-state index in [4.69, 9.17) is 0 Å². The van der Waals surface area contributed by atoms with Crippen molar-refractivity contribution in [2.45, 2.75) is 83.7 Å². The molecular formula is C24H37N3O4S. The highest BCUT2D eigenvalue weighted by molar-refractivity contribution is 7.89. The van der Waals surface area contributed by atoms with E-state index in [9.17, 15) is 18.0 Å². The van der Waals surface area contributed by atoms with Crippen molar-refractivity contribution >= 4 is 27.5 Å². The van der Waals surface area contributed by atoms with Crippen LogP contribution in [0.25, 0.3) is 0 Å². The Morgan fingerprint density at radius 3 is 2.38 bits per heavy atom. The first-order chi connectivity index (χ1) is 15.2. The van der Waals surface area contributed by atoms with Crippen molar-refractivity contribution in [3.63, 3.8) is 0 Å². The molecule has 0 unspecified atom stereocenters. The van der Waals surface area contributed by atoms with Crippen LogP contribution in [-0.2, 0) is 19.6 Å². The molecule has 1 saturated heterocycles. The molecule has 0 bridgehead atoms. The number of hydrogen-bond donors (Lipinski definition) is 1. The van der Waals surface area contributed by atoms with Gasteiger partial charge in [-0.2, -0.15) is 4.31 Å². The third-order valence-corrected chi connectivity index (χ3v) is 8.65. The number of hydrogen-bond acceptors (Lipinski definition) is 4. The molecule has 2 amide bonds. The molecule has 3 rings (SSSR count). The van der Waals surface area contributed by atoms with Crippen molar-refractivity contribution < 1.29 is 18.0 Å². The fourth-order valence-corrected chi connectivity index (χ4v) is 6.41. The molecule has 1 aliphatic heterocycles. The number of nitrogens with zero attached hydrogens (tertiary/aromatic N) is 2. The zero-order valence-corrected chi connectivity index (χ0v) is 20.4. The zero-order valence-electron chi connectivity index (χ0n) is 19.6. The number of piperazine rings is 1. The van der Waals surface area contributed by atoms with E-state index < -0.39 is 15.6 Å². The van der Waals surface area contributed by atoms with Crippen LogP contribution in [0.15, 0.2) is 24.3 Å².